The number of hydrogen-bond acceptors (Lipinski definition) is 4. The largest absolute Gasteiger partial charge is 0.378 e. The summed E-state index contributed by atoms with van der Waals surface area (Å²) in [6, 6.07) is 13.7. The molecule has 0 spiro atoms. The Morgan fingerprint density at radius 3 is 2.59 bits per heavy atom. The third kappa shape index (κ3) is 5.56. The van der Waals surface area contributed by atoms with Gasteiger partial charge in [-0.3, -0.25) is 14.6 Å². The summed E-state index contributed by atoms with van der Waals surface area (Å²) in [5, 5.41) is 3.05. The van der Waals surface area contributed by atoms with Crippen LogP contribution in [0.15, 0.2) is 48.7 Å². The van der Waals surface area contributed by atoms with Crippen molar-refractivity contribution in [3.8, 4) is 0 Å². The minimum absolute atomic E-state index is 0.0786. The maximum absolute atomic E-state index is 12.9. The number of benzene rings is 1. The van der Waals surface area contributed by atoms with Crippen molar-refractivity contribution in [2.45, 2.75) is 32.2 Å². The van der Waals surface area contributed by atoms with Gasteiger partial charge in [-0.25, -0.2) is 0 Å². The Labute approximate surface area is 172 Å². The molecule has 0 aliphatic carbocycles. The van der Waals surface area contributed by atoms with Crippen molar-refractivity contribution in [1.82, 2.24) is 15.2 Å². The molecule has 1 aromatic carbocycles. The first-order chi connectivity index (χ1) is 13.9. The molecule has 2 atom stereocenters. The van der Waals surface area contributed by atoms with E-state index in [1.54, 1.807) is 6.20 Å². The van der Waals surface area contributed by atoms with Gasteiger partial charge in [-0.05, 0) is 42.7 Å². The van der Waals surface area contributed by atoms with Gasteiger partial charge in [0.25, 0.3) is 0 Å². The Morgan fingerprint density at radius 1 is 1.21 bits per heavy atom. The molecular formula is C23H30N4O2. The first kappa shape index (κ1) is 20.8. The van der Waals surface area contributed by atoms with Crippen LogP contribution in [-0.2, 0) is 16.0 Å². The lowest BCUT2D eigenvalue weighted by Crippen LogP contribution is -2.45. The highest BCUT2D eigenvalue weighted by atomic mass is 16.2. The smallest absolute Gasteiger partial charge is 0.226 e. The molecule has 1 saturated heterocycles. The number of carbonyl (C=O) groups excluding carboxylic acids is 2. The van der Waals surface area contributed by atoms with E-state index < -0.39 is 0 Å². The standard InChI is InChI=1S/C23H30N4O2/c1-17(28)25-23(21-8-4-5-13-24-21)19-7-6-14-27(16-19)22(29)15-18-9-11-20(12-10-18)26(2)3/h4-5,8-13,19,23H,6-7,14-16H2,1-3H3,(H,25,28)/t19-,23-/m1/s1. The molecule has 6 nitrogen and oxygen atoms in total. The van der Waals surface area contributed by atoms with E-state index >= 15 is 0 Å². The number of aromatic nitrogens is 1. The van der Waals surface area contributed by atoms with Gasteiger partial charge < -0.3 is 15.1 Å². The second kappa shape index (κ2) is 9.54. The number of carbonyl (C=O) groups is 2. The van der Waals surface area contributed by atoms with E-state index in [9.17, 15) is 9.59 Å². The highest BCUT2D eigenvalue weighted by Gasteiger charge is 2.31. The lowest BCUT2D eigenvalue weighted by atomic mass is 9.88. The Balaban J connectivity index is 1.68. The van der Waals surface area contributed by atoms with E-state index in [0.29, 0.717) is 13.0 Å². The second-order valence-corrected chi connectivity index (χ2v) is 7.91. The highest BCUT2D eigenvalue weighted by molar-refractivity contribution is 5.79. The van der Waals surface area contributed by atoms with Crippen LogP contribution in [0.2, 0.25) is 0 Å². The Kier molecular flexibility index (Phi) is 6.86. The molecule has 154 valence electrons. The molecule has 1 aliphatic heterocycles. The molecule has 2 amide bonds. The molecule has 0 bridgehead atoms. The van der Waals surface area contributed by atoms with Crippen molar-refractivity contribution in [1.29, 1.82) is 0 Å². The average molecular weight is 395 g/mol. The van der Waals surface area contributed by atoms with E-state index in [2.05, 4.69) is 10.3 Å². The lowest BCUT2D eigenvalue weighted by Gasteiger charge is -2.37. The molecular weight excluding hydrogens is 364 g/mol. The summed E-state index contributed by atoms with van der Waals surface area (Å²) in [4.78, 5) is 33.1. The van der Waals surface area contributed by atoms with Crippen LogP contribution in [-0.4, -0.2) is 48.9 Å². The van der Waals surface area contributed by atoms with Crippen LogP contribution in [0.4, 0.5) is 5.69 Å². The Bertz CT molecular complexity index is 821. The SMILES string of the molecule is CC(=O)N[C@@H](c1ccccn1)[C@@H]1CCCN(C(=O)Cc2ccc(N(C)C)cc2)C1. The van der Waals surface area contributed by atoms with Crippen LogP contribution in [0.25, 0.3) is 0 Å². The summed E-state index contributed by atoms with van der Waals surface area (Å²) in [7, 11) is 4.00. The number of likely N-dealkylation sites (tertiary alicyclic amines) is 1. The number of nitrogens with zero attached hydrogens (tertiary/aromatic N) is 3. The quantitative estimate of drug-likeness (QED) is 0.818. The van der Waals surface area contributed by atoms with Gasteiger partial charge in [0.1, 0.15) is 0 Å². The van der Waals surface area contributed by atoms with Gasteiger partial charge in [0.05, 0.1) is 18.2 Å². The second-order valence-electron chi connectivity index (χ2n) is 7.91. The van der Waals surface area contributed by atoms with Crippen molar-refractivity contribution in [2.24, 2.45) is 5.92 Å². The lowest BCUT2D eigenvalue weighted by molar-refractivity contribution is -0.132. The summed E-state index contributed by atoms with van der Waals surface area (Å²) in [6.45, 7) is 2.93. The number of nitrogens with one attached hydrogen (secondary N) is 1. The third-order valence-corrected chi connectivity index (χ3v) is 5.46. The molecule has 2 aromatic rings. The first-order valence-corrected chi connectivity index (χ1v) is 10.2. The molecule has 29 heavy (non-hydrogen) atoms. The molecule has 1 aliphatic rings. The fourth-order valence-electron chi connectivity index (χ4n) is 3.92. The van der Waals surface area contributed by atoms with Crippen molar-refractivity contribution in [2.75, 3.05) is 32.1 Å². The summed E-state index contributed by atoms with van der Waals surface area (Å²) in [5.41, 5.74) is 2.99. The number of anilines is 1. The monoisotopic (exact) mass is 394 g/mol. The van der Waals surface area contributed by atoms with E-state index in [4.69, 9.17) is 0 Å². The van der Waals surface area contributed by atoms with Crippen molar-refractivity contribution in [3.05, 3.63) is 59.9 Å². The Hall–Kier alpha value is -2.89. The normalized spacial score (nSPS) is 17.5. The highest BCUT2D eigenvalue weighted by Crippen LogP contribution is 2.29. The minimum atomic E-state index is -0.177. The van der Waals surface area contributed by atoms with Crippen LogP contribution in [0.3, 0.4) is 0 Å². The number of amides is 2. The number of pyridine rings is 1. The third-order valence-electron chi connectivity index (χ3n) is 5.46. The maximum Gasteiger partial charge on any atom is 0.226 e. The van der Waals surface area contributed by atoms with Crippen molar-refractivity contribution < 1.29 is 9.59 Å². The van der Waals surface area contributed by atoms with Crippen LogP contribution in [0, 0.1) is 5.92 Å². The molecule has 2 heterocycles. The van der Waals surface area contributed by atoms with Gasteiger partial charge in [-0.15, -0.1) is 0 Å². The molecule has 0 unspecified atom stereocenters. The molecule has 1 N–H and O–H groups in total. The van der Waals surface area contributed by atoms with Gasteiger partial charge in [0, 0.05) is 51.9 Å². The zero-order chi connectivity index (χ0) is 20.8. The van der Waals surface area contributed by atoms with E-state index in [-0.39, 0.29) is 23.8 Å². The topological polar surface area (TPSA) is 65.5 Å². The Morgan fingerprint density at radius 2 is 1.97 bits per heavy atom. The maximum atomic E-state index is 12.9. The van der Waals surface area contributed by atoms with Crippen LogP contribution >= 0.6 is 0 Å². The fourth-order valence-corrected chi connectivity index (χ4v) is 3.92. The molecule has 1 fully saturated rings. The van der Waals surface area contributed by atoms with Gasteiger partial charge in [0.2, 0.25) is 11.8 Å². The molecule has 0 radical (unpaired) electrons. The number of rotatable bonds is 6. The van der Waals surface area contributed by atoms with Crippen molar-refractivity contribution in [3.63, 3.8) is 0 Å². The van der Waals surface area contributed by atoms with Gasteiger partial charge in [-0.2, -0.15) is 0 Å². The predicted molar refractivity (Wildman–Crippen MR) is 115 cm³/mol. The van der Waals surface area contributed by atoms with E-state index in [1.165, 1.54) is 6.92 Å². The van der Waals surface area contributed by atoms with Crippen LogP contribution in [0.5, 0.6) is 0 Å². The van der Waals surface area contributed by atoms with Gasteiger partial charge in [0.15, 0.2) is 0 Å². The summed E-state index contributed by atoms with van der Waals surface area (Å²) in [6.07, 6.45) is 4.03. The van der Waals surface area contributed by atoms with Gasteiger partial charge in [-0.1, -0.05) is 18.2 Å². The minimum Gasteiger partial charge on any atom is -0.378 e. The molecule has 1 aromatic heterocycles. The number of piperidine rings is 1. The van der Waals surface area contributed by atoms with E-state index in [0.717, 1.165) is 36.3 Å². The summed E-state index contributed by atoms with van der Waals surface area (Å²) in [5.74, 6) is 0.211. The first-order valence-electron chi connectivity index (χ1n) is 10.2. The van der Waals surface area contributed by atoms with Crippen LogP contribution < -0.4 is 10.2 Å². The zero-order valence-corrected chi connectivity index (χ0v) is 17.5. The zero-order valence-electron chi connectivity index (χ0n) is 17.5. The van der Waals surface area contributed by atoms with E-state index in [1.807, 2.05) is 66.4 Å². The summed E-state index contributed by atoms with van der Waals surface area (Å²) >= 11 is 0. The molecule has 6 heteroatoms. The molecule has 0 saturated carbocycles. The van der Waals surface area contributed by atoms with Crippen molar-refractivity contribution >= 4 is 17.5 Å². The predicted octanol–water partition coefficient (Wildman–Crippen LogP) is 2.81. The molecule has 3 rings (SSSR count). The number of hydrogen-bond donors (Lipinski definition) is 1. The fraction of sp³-hybridized carbons (Fsp3) is 0.435. The summed E-state index contributed by atoms with van der Waals surface area (Å²) < 4.78 is 0. The average Bonchev–Trinajstić information content (AvgIpc) is 2.73. The van der Waals surface area contributed by atoms with Crippen LogP contribution in [0.1, 0.15) is 37.1 Å². The van der Waals surface area contributed by atoms with Gasteiger partial charge >= 0.3 is 0 Å².